The molecule has 1 heterocycles. The molecule has 1 aliphatic heterocycles. The maximum atomic E-state index is 11.3. The van der Waals surface area contributed by atoms with Crippen LogP contribution in [0.4, 0.5) is 0 Å². The van der Waals surface area contributed by atoms with Crippen LogP contribution in [0.3, 0.4) is 0 Å². The molecular weight excluding hydrogens is 168 g/mol. The summed E-state index contributed by atoms with van der Waals surface area (Å²) >= 11 is 0. The van der Waals surface area contributed by atoms with Crippen molar-refractivity contribution in [2.45, 2.75) is 19.1 Å². The summed E-state index contributed by atoms with van der Waals surface area (Å²) in [5.41, 5.74) is 1.12. The molecule has 13 heavy (non-hydrogen) atoms. The summed E-state index contributed by atoms with van der Waals surface area (Å²) in [7, 11) is 0. The molecule has 0 amide bonds. The van der Waals surface area contributed by atoms with Gasteiger partial charge in [-0.3, -0.25) is 0 Å². The molecule has 0 fully saturated rings. The van der Waals surface area contributed by atoms with E-state index in [1.807, 2.05) is 0 Å². The SMILES string of the molecule is C[C@H]1OC(=O)c2ccccc2[C@H]1O. The molecule has 3 heteroatoms. The third-order valence-electron chi connectivity index (χ3n) is 2.24. The predicted molar refractivity (Wildman–Crippen MR) is 46.3 cm³/mol. The topological polar surface area (TPSA) is 46.5 Å². The summed E-state index contributed by atoms with van der Waals surface area (Å²) in [5.74, 6) is -0.353. The summed E-state index contributed by atoms with van der Waals surface area (Å²) in [4.78, 5) is 11.3. The lowest BCUT2D eigenvalue weighted by Crippen LogP contribution is -2.29. The number of benzene rings is 1. The highest BCUT2D eigenvalue weighted by molar-refractivity contribution is 5.92. The molecule has 0 bridgehead atoms. The number of aliphatic hydroxyl groups is 1. The number of hydrogen-bond donors (Lipinski definition) is 1. The van der Waals surface area contributed by atoms with E-state index in [0.29, 0.717) is 11.1 Å². The van der Waals surface area contributed by atoms with Gasteiger partial charge in [0.25, 0.3) is 0 Å². The number of aliphatic hydroxyl groups excluding tert-OH is 1. The molecule has 0 unspecified atom stereocenters. The van der Waals surface area contributed by atoms with E-state index in [4.69, 9.17) is 4.74 Å². The average molecular weight is 178 g/mol. The first-order valence-electron chi connectivity index (χ1n) is 4.18. The molecule has 0 aliphatic carbocycles. The second-order valence-corrected chi connectivity index (χ2v) is 3.14. The highest BCUT2D eigenvalue weighted by Crippen LogP contribution is 2.28. The van der Waals surface area contributed by atoms with Crippen LogP contribution >= 0.6 is 0 Å². The Balaban J connectivity index is 2.53. The minimum absolute atomic E-state index is 0.353. The number of ether oxygens (including phenoxy) is 1. The Morgan fingerprint density at radius 1 is 1.38 bits per heavy atom. The van der Waals surface area contributed by atoms with Gasteiger partial charge in [0.15, 0.2) is 0 Å². The monoisotopic (exact) mass is 178 g/mol. The van der Waals surface area contributed by atoms with Crippen LogP contribution in [0.15, 0.2) is 24.3 Å². The Hall–Kier alpha value is -1.35. The minimum atomic E-state index is -0.700. The summed E-state index contributed by atoms with van der Waals surface area (Å²) in [6.07, 6.45) is -1.16. The smallest absolute Gasteiger partial charge is 0.338 e. The number of cyclic esters (lactones) is 1. The van der Waals surface area contributed by atoms with Gasteiger partial charge in [-0.1, -0.05) is 18.2 Å². The molecule has 68 valence electrons. The normalized spacial score (nSPS) is 26.5. The third-order valence-corrected chi connectivity index (χ3v) is 2.24. The van der Waals surface area contributed by atoms with Crippen LogP contribution in [-0.4, -0.2) is 17.2 Å². The van der Waals surface area contributed by atoms with Crippen LogP contribution in [-0.2, 0) is 4.74 Å². The highest BCUT2D eigenvalue weighted by Gasteiger charge is 2.30. The largest absolute Gasteiger partial charge is 0.456 e. The Morgan fingerprint density at radius 3 is 2.85 bits per heavy atom. The van der Waals surface area contributed by atoms with Crippen LogP contribution in [0.2, 0.25) is 0 Å². The van der Waals surface area contributed by atoms with Crippen molar-refractivity contribution in [2.75, 3.05) is 0 Å². The van der Waals surface area contributed by atoms with Gasteiger partial charge in [-0.15, -0.1) is 0 Å². The highest BCUT2D eigenvalue weighted by atomic mass is 16.6. The van der Waals surface area contributed by atoms with Crippen molar-refractivity contribution in [3.63, 3.8) is 0 Å². The van der Waals surface area contributed by atoms with Gasteiger partial charge in [-0.05, 0) is 18.6 Å². The summed E-state index contributed by atoms with van der Waals surface area (Å²) in [5, 5.41) is 9.67. The van der Waals surface area contributed by atoms with Gasteiger partial charge in [-0.2, -0.15) is 0 Å². The zero-order valence-corrected chi connectivity index (χ0v) is 7.23. The molecule has 1 N–H and O–H groups in total. The van der Waals surface area contributed by atoms with Crippen molar-refractivity contribution in [3.05, 3.63) is 35.4 Å². The predicted octanol–water partition coefficient (Wildman–Crippen LogP) is 1.28. The fourth-order valence-corrected chi connectivity index (χ4v) is 1.49. The van der Waals surface area contributed by atoms with E-state index in [0.717, 1.165) is 0 Å². The van der Waals surface area contributed by atoms with Gasteiger partial charge in [0.05, 0.1) is 5.56 Å². The van der Waals surface area contributed by atoms with Crippen molar-refractivity contribution in [1.82, 2.24) is 0 Å². The van der Waals surface area contributed by atoms with Gasteiger partial charge in [0.2, 0.25) is 0 Å². The van der Waals surface area contributed by atoms with E-state index >= 15 is 0 Å². The minimum Gasteiger partial charge on any atom is -0.456 e. The van der Waals surface area contributed by atoms with Gasteiger partial charge in [-0.25, -0.2) is 4.79 Å². The molecule has 1 aromatic rings. The van der Waals surface area contributed by atoms with Crippen LogP contribution in [0.1, 0.15) is 28.9 Å². The molecule has 1 aromatic carbocycles. The molecule has 0 saturated heterocycles. The number of fused-ring (bicyclic) bond motifs is 1. The van der Waals surface area contributed by atoms with E-state index in [1.54, 1.807) is 31.2 Å². The molecule has 2 rings (SSSR count). The third kappa shape index (κ3) is 1.21. The lowest BCUT2D eigenvalue weighted by molar-refractivity contribution is -0.0212. The van der Waals surface area contributed by atoms with Crippen LogP contribution in [0.5, 0.6) is 0 Å². The maximum absolute atomic E-state index is 11.3. The van der Waals surface area contributed by atoms with E-state index in [-0.39, 0.29) is 5.97 Å². The maximum Gasteiger partial charge on any atom is 0.338 e. The first-order chi connectivity index (χ1) is 6.20. The lowest BCUT2D eigenvalue weighted by atomic mass is 9.97. The fraction of sp³-hybridized carbons (Fsp3) is 0.300. The Kier molecular flexibility index (Phi) is 1.81. The summed E-state index contributed by atoms with van der Waals surface area (Å²) < 4.78 is 4.94. The van der Waals surface area contributed by atoms with Gasteiger partial charge >= 0.3 is 5.97 Å². The first kappa shape index (κ1) is 8.26. The molecule has 0 saturated carbocycles. The van der Waals surface area contributed by atoms with Crippen molar-refractivity contribution in [3.8, 4) is 0 Å². The zero-order valence-electron chi connectivity index (χ0n) is 7.23. The number of carbonyl (C=O) groups is 1. The average Bonchev–Trinajstić information content (AvgIpc) is 2.15. The number of rotatable bonds is 0. The molecule has 1 aliphatic rings. The molecule has 0 spiro atoms. The molecular formula is C10H10O3. The van der Waals surface area contributed by atoms with E-state index in [1.165, 1.54) is 0 Å². The Bertz CT molecular complexity index is 346. The quantitative estimate of drug-likeness (QED) is 0.609. The molecule has 3 nitrogen and oxygen atoms in total. The first-order valence-corrected chi connectivity index (χ1v) is 4.18. The van der Waals surface area contributed by atoms with E-state index in [9.17, 15) is 9.90 Å². The summed E-state index contributed by atoms with van der Waals surface area (Å²) in [6, 6.07) is 6.96. The second kappa shape index (κ2) is 2.85. The Morgan fingerprint density at radius 2 is 2.08 bits per heavy atom. The fourth-order valence-electron chi connectivity index (χ4n) is 1.49. The second-order valence-electron chi connectivity index (χ2n) is 3.14. The summed E-state index contributed by atoms with van der Waals surface area (Å²) in [6.45, 7) is 1.68. The van der Waals surface area contributed by atoms with Crippen LogP contribution in [0, 0.1) is 0 Å². The molecule has 0 aromatic heterocycles. The van der Waals surface area contributed by atoms with Gasteiger partial charge in [0.1, 0.15) is 12.2 Å². The lowest BCUT2D eigenvalue weighted by Gasteiger charge is -2.26. The van der Waals surface area contributed by atoms with E-state index in [2.05, 4.69) is 0 Å². The van der Waals surface area contributed by atoms with Crippen molar-refractivity contribution >= 4 is 5.97 Å². The van der Waals surface area contributed by atoms with E-state index < -0.39 is 12.2 Å². The van der Waals surface area contributed by atoms with Crippen LogP contribution < -0.4 is 0 Å². The number of hydrogen-bond acceptors (Lipinski definition) is 3. The molecule has 2 atom stereocenters. The van der Waals surface area contributed by atoms with Crippen LogP contribution in [0.25, 0.3) is 0 Å². The number of carbonyl (C=O) groups excluding carboxylic acids is 1. The molecule has 0 radical (unpaired) electrons. The van der Waals surface area contributed by atoms with Crippen molar-refractivity contribution in [1.29, 1.82) is 0 Å². The van der Waals surface area contributed by atoms with Gasteiger partial charge < -0.3 is 9.84 Å². The zero-order chi connectivity index (χ0) is 9.42. The van der Waals surface area contributed by atoms with Gasteiger partial charge in [0, 0.05) is 0 Å². The standard InChI is InChI=1S/C10H10O3/c1-6-9(11)7-4-2-3-5-8(7)10(12)13-6/h2-6,9,11H,1H3/t6-,9+/m1/s1. The Labute approximate surface area is 76.0 Å². The van der Waals surface area contributed by atoms with Crippen molar-refractivity contribution in [2.24, 2.45) is 0 Å². The van der Waals surface area contributed by atoms with Crippen molar-refractivity contribution < 1.29 is 14.6 Å². The number of esters is 1.